The van der Waals surface area contributed by atoms with Crippen LogP contribution in [0.25, 0.3) is 0 Å². The summed E-state index contributed by atoms with van der Waals surface area (Å²) in [5, 5.41) is 16.5. The summed E-state index contributed by atoms with van der Waals surface area (Å²) in [6, 6.07) is 14.2. The van der Waals surface area contributed by atoms with Crippen molar-refractivity contribution < 1.29 is 14.6 Å². The van der Waals surface area contributed by atoms with Crippen LogP contribution in [0, 0.1) is 0 Å². The van der Waals surface area contributed by atoms with Crippen molar-refractivity contribution in [3.05, 3.63) is 54.1 Å². The number of methoxy groups -OCH3 is 1. The highest BCUT2D eigenvalue weighted by atomic mass is 16.5. The number of nitrogens with one attached hydrogen (secondary N) is 2. The van der Waals surface area contributed by atoms with Gasteiger partial charge in [0.15, 0.2) is 0 Å². The van der Waals surface area contributed by atoms with E-state index in [2.05, 4.69) is 15.8 Å². The van der Waals surface area contributed by atoms with Gasteiger partial charge in [-0.05, 0) is 24.3 Å². The van der Waals surface area contributed by atoms with Gasteiger partial charge in [-0.15, -0.1) is 0 Å². The monoisotopic (exact) mass is 299 g/mol. The number of phenolic OH excluding ortho intramolecular Hbond substituents is 1. The van der Waals surface area contributed by atoms with E-state index < -0.39 is 0 Å². The van der Waals surface area contributed by atoms with Crippen LogP contribution >= 0.6 is 0 Å². The first-order chi connectivity index (χ1) is 10.7. The second kappa shape index (κ2) is 7.68. The number of amides is 1. The highest BCUT2D eigenvalue weighted by molar-refractivity contribution is 5.86. The molecule has 0 fully saturated rings. The number of hydrazone groups is 1. The molecule has 22 heavy (non-hydrogen) atoms. The molecule has 0 saturated carbocycles. The van der Waals surface area contributed by atoms with Crippen LogP contribution in [-0.4, -0.2) is 30.9 Å². The summed E-state index contributed by atoms with van der Waals surface area (Å²) in [6.45, 7) is 0.107. The maximum atomic E-state index is 11.6. The van der Waals surface area contributed by atoms with Crippen molar-refractivity contribution in [2.45, 2.75) is 0 Å². The highest BCUT2D eigenvalue weighted by Crippen LogP contribution is 2.21. The first-order valence-electron chi connectivity index (χ1n) is 6.67. The number of aromatic hydroxyl groups is 1. The summed E-state index contributed by atoms with van der Waals surface area (Å²) < 4.78 is 4.98. The van der Waals surface area contributed by atoms with Crippen molar-refractivity contribution in [2.75, 3.05) is 19.0 Å². The van der Waals surface area contributed by atoms with E-state index in [9.17, 15) is 9.90 Å². The molecule has 2 aromatic carbocycles. The maximum absolute atomic E-state index is 11.6. The van der Waals surface area contributed by atoms with Gasteiger partial charge in [-0.3, -0.25) is 4.79 Å². The Balaban J connectivity index is 1.83. The Bertz CT molecular complexity index is 657. The van der Waals surface area contributed by atoms with Gasteiger partial charge in [0, 0.05) is 17.3 Å². The molecule has 6 nitrogen and oxygen atoms in total. The van der Waals surface area contributed by atoms with Gasteiger partial charge in [-0.25, -0.2) is 5.43 Å². The Labute approximate surface area is 128 Å². The number of carbonyl (C=O) groups excluding carboxylic acids is 1. The average molecular weight is 299 g/mol. The Morgan fingerprint density at radius 3 is 2.73 bits per heavy atom. The van der Waals surface area contributed by atoms with E-state index >= 15 is 0 Å². The maximum Gasteiger partial charge on any atom is 0.259 e. The minimum atomic E-state index is -0.284. The number of anilines is 1. The number of carbonyl (C=O) groups is 1. The number of hydrogen-bond acceptors (Lipinski definition) is 5. The molecule has 2 aromatic rings. The first kappa shape index (κ1) is 15.4. The molecular weight excluding hydrogens is 282 g/mol. The zero-order valence-corrected chi connectivity index (χ0v) is 12.1. The van der Waals surface area contributed by atoms with Crippen LogP contribution < -0.4 is 15.5 Å². The standard InChI is InChI=1S/C16H17N3O3/c1-22-14-8-7-12(15(20)9-14)10-18-19-16(21)11-17-13-5-3-2-4-6-13/h2-10,17,20H,11H2,1H3,(H,19,21). The lowest BCUT2D eigenvalue weighted by atomic mass is 10.2. The Hall–Kier alpha value is -3.02. The van der Waals surface area contributed by atoms with E-state index in [1.54, 1.807) is 12.1 Å². The third-order valence-corrected chi connectivity index (χ3v) is 2.86. The zero-order valence-electron chi connectivity index (χ0n) is 12.1. The molecule has 114 valence electrons. The van der Waals surface area contributed by atoms with E-state index in [0.29, 0.717) is 11.3 Å². The van der Waals surface area contributed by atoms with Crippen LogP contribution in [0.2, 0.25) is 0 Å². The summed E-state index contributed by atoms with van der Waals surface area (Å²) in [6.07, 6.45) is 1.37. The number of rotatable bonds is 6. The van der Waals surface area contributed by atoms with Gasteiger partial charge < -0.3 is 15.2 Å². The molecule has 0 aliphatic rings. The molecule has 0 aromatic heterocycles. The second-order valence-corrected chi connectivity index (χ2v) is 4.44. The van der Waals surface area contributed by atoms with Crippen LogP contribution in [0.15, 0.2) is 53.6 Å². The number of benzene rings is 2. The SMILES string of the molecule is COc1ccc(C=NNC(=O)CNc2ccccc2)c(O)c1. The van der Waals surface area contributed by atoms with Gasteiger partial charge >= 0.3 is 0 Å². The molecule has 0 unspecified atom stereocenters. The van der Waals surface area contributed by atoms with E-state index in [1.165, 1.54) is 19.4 Å². The minimum Gasteiger partial charge on any atom is -0.507 e. The highest BCUT2D eigenvalue weighted by Gasteiger charge is 2.01. The summed E-state index contributed by atoms with van der Waals surface area (Å²) in [4.78, 5) is 11.6. The fourth-order valence-corrected chi connectivity index (χ4v) is 1.71. The molecule has 0 spiro atoms. The quantitative estimate of drug-likeness (QED) is 0.562. The van der Waals surface area contributed by atoms with E-state index in [0.717, 1.165) is 5.69 Å². The Morgan fingerprint density at radius 1 is 1.27 bits per heavy atom. The van der Waals surface area contributed by atoms with Crippen molar-refractivity contribution in [2.24, 2.45) is 5.10 Å². The van der Waals surface area contributed by atoms with Crippen molar-refractivity contribution in [3.8, 4) is 11.5 Å². The van der Waals surface area contributed by atoms with Gasteiger partial charge in [-0.2, -0.15) is 5.10 Å². The van der Waals surface area contributed by atoms with E-state index in [4.69, 9.17) is 4.74 Å². The van der Waals surface area contributed by atoms with Crippen molar-refractivity contribution in [3.63, 3.8) is 0 Å². The van der Waals surface area contributed by atoms with E-state index in [-0.39, 0.29) is 18.2 Å². The first-order valence-corrected chi connectivity index (χ1v) is 6.67. The topological polar surface area (TPSA) is 83.0 Å². The van der Waals surface area contributed by atoms with Crippen LogP contribution in [0.5, 0.6) is 11.5 Å². The molecule has 0 atom stereocenters. The van der Waals surface area contributed by atoms with Gasteiger partial charge in [0.05, 0.1) is 19.9 Å². The smallest absolute Gasteiger partial charge is 0.259 e. The van der Waals surface area contributed by atoms with Crippen molar-refractivity contribution in [1.82, 2.24) is 5.43 Å². The van der Waals surface area contributed by atoms with Gasteiger partial charge in [0.1, 0.15) is 11.5 Å². The molecule has 0 saturated heterocycles. The molecule has 0 aliphatic carbocycles. The normalized spacial score (nSPS) is 10.4. The number of ether oxygens (including phenoxy) is 1. The lowest BCUT2D eigenvalue weighted by Crippen LogP contribution is -2.25. The van der Waals surface area contributed by atoms with Crippen LogP contribution in [-0.2, 0) is 4.79 Å². The molecule has 2 rings (SSSR count). The molecule has 3 N–H and O–H groups in total. The van der Waals surface area contributed by atoms with E-state index in [1.807, 2.05) is 30.3 Å². The summed E-state index contributed by atoms with van der Waals surface area (Å²) in [7, 11) is 1.52. The minimum absolute atomic E-state index is 0.0276. The molecule has 0 radical (unpaired) electrons. The van der Waals surface area contributed by atoms with Crippen LogP contribution in [0.3, 0.4) is 0 Å². The summed E-state index contributed by atoms with van der Waals surface area (Å²) in [5.41, 5.74) is 3.72. The predicted molar refractivity (Wildman–Crippen MR) is 85.3 cm³/mol. The molecule has 1 amide bonds. The molecule has 0 aliphatic heterocycles. The predicted octanol–water partition coefficient (Wildman–Crippen LogP) is 1.96. The largest absolute Gasteiger partial charge is 0.507 e. The number of nitrogens with zero attached hydrogens (tertiary/aromatic N) is 1. The summed E-state index contributed by atoms with van der Waals surface area (Å²) >= 11 is 0. The number of para-hydroxylation sites is 1. The summed E-state index contributed by atoms with van der Waals surface area (Å²) in [5.74, 6) is 0.290. The van der Waals surface area contributed by atoms with Gasteiger partial charge in [0.25, 0.3) is 5.91 Å². The third kappa shape index (κ3) is 4.52. The van der Waals surface area contributed by atoms with Gasteiger partial charge in [0.2, 0.25) is 0 Å². The van der Waals surface area contributed by atoms with Gasteiger partial charge in [-0.1, -0.05) is 18.2 Å². The van der Waals surface area contributed by atoms with Crippen molar-refractivity contribution >= 4 is 17.8 Å². The molecule has 0 bridgehead atoms. The third-order valence-electron chi connectivity index (χ3n) is 2.86. The Morgan fingerprint density at radius 2 is 2.05 bits per heavy atom. The van der Waals surface area contributed by atoms with Crippen molar-refractivity contribution in [1.29, 1.82) is 0 Å². The molecule has 0 heterocycles. The van der Waals surface area contributed by atoms with Crippen LogP contribution in [0.1, 0.15) is 5.56 Å². The Kier molecular flexibility index (Phi) is 5.37. The number of phenols is 1. The molecule has 6 heteroatoms. The fraction of sp³-hybridized carbons (Fsp3) is 0.125. The zero-order chi connectivity index (χ0) is 15.8. The lowest BCUT2D eigenvalue weighted by Gasteiger charge is -2.05. The second-order valence-electron chi connectivity index (χ2n) is 4.44. The number of hydrogen-bond donors (Lipinski definition) is 3. The molecular formula is C16H17N3O3. The lowest BCUT2D eigenvalue weighted by molar-refractivity contribution is -0.119. The average Bonchev–Trinajstić information content (AvgIpc) is 2.55. The van der Waals surface area contributed by atoms with Crippen LogP contribution in [0.4, 0.5) is 5.69 Å². The fourth-order valence-electron chi connectivity index (χ4n) is 1.71.